The van der Waals surface area contributed by atoms with Crippen molar-refractivity contribution in [1.82, 2.24) is 4.90 Å². The van der Waals surface area contributed by atoms with Crippen LogP contribution >= 0.6 is 0 Å². The fraction of sp³-hybridized carbons (Fsp3) is 0.273. The molecule has 2 aliphatic heterocycles. The van der Waals surface area contributed by atoms with Gasteiger partial charge in [-0.2, -0.15) is 0 Å². The van der Waals surface area contributed by atoms with Gasteiger partial charge in [0.15, 0.2) is 5.43 Å². The Hall–Kier alpha value is -2.99. The van der Waals surface area contributed by atoms with Crippen molar-refractivity contribution < 1.29 is 18.3 Å². The average molecular weight is 379 g/mol. The van der Waals surface area contributed by atoms with Crippen LogP contribution in [0.5, 0.6) is 0 Å². The number of carbonyl (C=O) groups is 1. The minimum Gasteiger partial charge on any atom is -0.450 e. The predicted octanol–water partition coefficient (Wildman–Crippen LogP) is 3.66. The van der Waals surface area contributed by atoms with Gasteiger partial charge in [-0.15, -0.1) is 0 Å². The summed E-state index contributed by atoms with van der Waals surface area (Å²) in [5, 5.41) is 0.145. The van der Waals surface area contributed by atoms with Gasteiger partial charge in [0, 0.05) is 13.2 Å². The molecule has 5 rings (SSSR count). The number of hydrogen-bond donors (Lipinski definition) is 0. The van der Waals surface area contributed by atoms with Crippen molar-refractivity contribution in [3.8, 4) is 0 Å². The van der Waals surface area contributed by atoms with Gasteiger partial charge in [0.1, 0.15) is 11.4 Å². The summed E-state index contributed by atoms with van der Waals surface area (Å²) in [4.78, 5) is 28.1. The summed E-state index contributed by atoms with van der Waals surface area (Å²) in [7, 11) is 0. The van der Waals surface area contributed by atoms with Crippen LogP contribution < -0.4 is 5.43 Å². The maximum absolute atomic E-state index is 13.7. The fourth-order valence-electron chi connectivity index (χ4n) is 4.17. The molecule has 2 aliphatic rings. The molecule has 3 aromatic rings. The first kappa shape index (κ1) is 17.1. The number of amides is 1. The highest BCUT2D eigenvalue weighted by atomic mass is 19.1. The summed E-state index contributed by atoms with van der Waals surface area (Å²) < 4.78 is 25.3. The van der Waals surface area contributed by atoms with Crippen LogP contribution in [0.25, 0.3) is 11.0 Å². The van der Waals surface area contributed by atoms with Crippen molar-refractivity contribution >= 4 is 16.9 Å². The van der Waals surface area contributed by atoms with E-state index in [2.05, 4.69) is 0 Å². The zero-order valence-electron chi connectivity index (χ0n) is 15.1. The molecule has 0 bridgehead atoms. The van der Waals surface area contributed by atoms with Gasteiger partial charge in [-0.25, -0.2) is 4.39 Å². The number of carbonyl (C=O) groups excluding carboxylic acids is 1. The molecule has 3 heterocycles. The summed E-state index contributed by atoms with van der Waals surface area (Å²) in [5.41, 5.74) is 0.931. The number of hydrogen-bond acceptors (Lipinski definition) is 4. The van der Waals surface area contributed by atoms with Crippen LogP contribution in [-0.4, -0.2) is 30.1 Å². The van der Waals surface area contributed by atoms with Crippen molar-refractivity contribution in [2.75, 3.05) is 13.2 Å². The first-order chi connectivity index (χ1) is 13.6. The quantitative estimate of drug-likeness (QED) is 0.697. The highest BCUT2D eigenvalue weighted by Gasteiger charge is 2.43. The summed E-state index contributed by atoms with van der Waals surface area (Å²) in [6, 6.07) is 12.6. The van der Waals surface area contributed by atoms with Crippen LogP contribution in [-0.2, 0) is 4.74 Å². The Morgan fingerprint density at radius 3 is 2.68 bits per heavy atom. The summed E-state index contributed by atoms with van der Waals surface area (Å²) in [6.07, 6.45) is 1.76. The van der Waals surface area contributed by atoms with Crippen LogP contribution in [0.3, 0.4) is 0 Å². The fourth-order valence-corrected chi connectivity index (χ4v) is 4.17. The lowest BCUT2D eigenvalue weighted by molar-refractivity contribution is 0.0486. The van der Waals surface area contributed by atoms with E-state index in [1.165, 1.54) is 12.1 Å². The van der Waals surface area contributed by atoms with E-state index >= 15 is 0 Å². The molecule has 0 N–H and O–H groups in total. The van der Waals surface area contributed by atoms with E-state index in [9.17, 15) is 14.0 Å². The van der Waals surface area contributed by atoms with Gasteiger partial charge < -0.3 is 14.1 Å². The minimum atomic E-state index is -0.572. The van der Waals surface area contributed by atoms with E-state index < -0.39 is 11.9 Å². The molecule has 0 spiro atoms. The number of fused-ring (bicyclic) bond motifs is 2. The van der Waals surface area contributed by atoms with Gasteiger partial charge in [-0.05, 0) is 36.6 Å². The molecule has 0 radical (unpaired) electrons. The summed E-state index contributed by atoms with van der Waals surface area (Å²) in [5.74, 6) is -0.810. The number of nitrogens with zero attached hydrogens (tertiary/aromatic N) is 1. The normalized spacial score (nSPS) is 21.5. The van der Waals surface area contributed by atoms with Crippen LogP contribution in [0.4, 0.5) is 4.39 Å². The third kappa shape index (κ3) is 2.64. The van der Waals surface area contributed by atoms with E-state index in [4.69, 9.17) is 9.15 Å². The molecule has 28 heavy (non-hydrogen) atoms. The molecule has 5 nitrogen and oxygen atoms in total. The second-order valence-corrected chi connectivity index (χ2v) is 7.22. The number of halogens is 1. The van der Waals surface area contributed by atoms with Gasteiger partial charge >= 0.3 is 0 Å². The van der Waals surface area contributed by atoms with Crippen molar-refractivity contribution in [3.63, 3.8) is 0 Å². The lowest BCUT2D eigenvalue weighted by Crippen LogP contribution is -2.36. The van der Waals surface area contributed by atoms with Gasteiger partial charge in [0.05, 0.1) is 23.1 Å². The average Bonchev–Trinajstić information content (AvgIpc) is 3.31. The van der Waals surface area contributed by atoms with Crippen molar-refractivity contribution in [2.45, 2.75) is 25.0 Å². The molecule has 6 heteroatoms. The third-order valence-corrected chi connectivity index (χ3v) is 5.47. The lowest BCUT2D eigenvalue weighted by Gasteiger charge is -2.27. The molecule has 1 aromatic heterocycles. The predicted molar refractivity (Wildman–Crippen MR) is 101 cm³/mol. The van der Waals surface area contributed by atoms with E-state index in [0.717, 1.165) is 24.5 Å². The van der Waals surface area contributed by atoms with E-state index in [0.29, 0.717) is 13.2 Å². The maximum atomic E-state index is 13.7. The molecule has 1 fully saturated rings. The molecule has 0 unspecified atom stereocenters. The van der Waals surface area contributed by atoms with E-state index in [1.807, 2.05) is 30.3 Å². The highest BCUT2D eigenvalue weighted by molar-refractivity contribution is 5.99. The molecule has 1 saturated heterocycles. The van der Waals surface area contributed by atoms with E-state index in [1.54, 1.807) is 4.90 Å². The van der Waals surface area contributed by atoms with Crippen LogP contribution in [0.15, 0.2) is 57.7 Å². The van der Waals surface area contributed by atoms with Crippen LogP contribution in [0, 0.1) is 5.82 Å². The Morgan fingerprint density at radius 2 is 1.93 bits per heavy atom. The molecule has 142 valence electrons. The Morgan fingerprint density at radius 1 is 1.11 bits per heavy atom. The Labute approximate surface area is 160 Å². The topological polar surface area (TPSA) is 59.8 Å². The zero-order chi connectivity index (χ0) is 19.3. The molecular weight excluding hydrogens is 361 g/mol. The molecule has 0 aliphatic carbocycles. The van der Waals surface area contributed by atoms with Crippen LogP contribution in [0.2, 0.25) is 0 Å². The van der Waals surface area contributed by atoms with Gasteiger partial charge in [0.25, 0.3) is 5.91 Å². The molecule has 0 saturated carbocycles. The smallest absolute Gasteiger partial charge is 0.291 e. The molecule has 1 amide bonds. The largest absolute Gasteiger partial charge is 0.450 e. The van der Waals surface area contributed by atoms with Gasteiger partial charge in [-0.3, -0.25) is 9.59 Å². The summed E-state index contributed by atoms with van der Waals surface area (Å²) in [6.45, 7) is 1.06. The van der Waals surface area contributed by atoms with Crippen molar-refractivity contribution in [1.29, 1.82) is 0 Å². The monoisotopic (exact) mass is 379 g/mol. The number of benzene rings is 2. The van der Waals surface area contributed by atoms with Gasteiger partial charge in [0.2, 0.25) is 5.76 Å². The van der Waals surface area contributed by atoms with Crippen molar-refractivity contribution in [2.24, 2.45) is 0 Å². The number of ether oxygens (including phenoxy) is 1. The number of rotatable bonds is 3. The van der Waals surface area contributed by atoms with Gasteiger partial charge in [-0.1, -0.05) is 30.3 Å². The standard InChI is InChI=1S/C22H18FNO4/c23-14-8-9-17-16(11-14)20(25)18-19(13-5-2-1-3-6-13)24(22(26)21(18)28-17)12-15-7-4-10-27-15/h1-3,5-6,8-9,11,15,19H,4,7,10,12H2/t15-,19-/m1/s1. The third-order valence-electron chi connectivity index (χ3n) is 5.47. The Kier molecular flexibility index (Phi) is 4.02. The minimum absolute atomic E-state index is 0.0379. The SMILES string of the molecule is O=C1c2oc3ccc(F)cc3c(=O)c2[C@@H](c2ccccc2)N1C[C@H]1CCCO1. The molecular formula is C22H18FNO4. The molecule has 2 atom stereocenters. The highest BCUT2D eigenvalue weighted by Crippen LogP contribution is 2.38. The molecule has 2 aromatic carbocycles. The van der Waals surface area contributed by atoms with E-state index in [-0.39, 0.29) is 39.7 Å². The lowest BCUT2D eigenvalue weighted by atomic mass is 9.98. The second kappa shape index (κ2) is 6.56. The Balaban J connectivity index is 1.71. The maximum Gasteiger partial charge on any atom is 0.291 e. The first-order valence-electron chi connectivity index (χ1n) is 9.37. The second-order valence-electron chi connectivity index (χ2n) is 7.22. The van der Waals surface area contributed by atoms with Crippen molar-refractivity contribution in [3.05, 3.63) is 81.5 Å². The zero-order valence-corrected chi connectivity index (χ0v) is 15.1. The van der Waals surface area contributed by atoms with Crippen LogP contribution in [0.1, 0.15) is 40.6 Å². The summed E-state index contributed by atoms with van der Waals surface area (Å²) >= 11 is 0. The Bertz CT molecular complexity index is 1120. The first-order valence-corrected chi connectivity index (χ1v) is 9.37.